The summed E-state index contributed by atoms with van der Waals surface area (Å²) in [6.45, 7) is 2.21. The molecule has 0 radical (unpaired) electrons. The molecular weight excluding hydrogens is 282 g/mol. The molecule has 0 aliphatic heterocycles. The number of ether oxygens (including phenoxy) is 1. The minimum absolute atomic E-state index is 0.189. The van der Waals surface area contributed by atoms with Crippen LogP contribution >= 0.6 is 0 Å². The molecule has 2 unspecified atom stereocenters. The van der Waals surface area contributed by atoms with Crippen LogP contribution in [0.2, 0.25) is 0 Å². The van der Waals surface area contributed by atoms with Crippen LogP contribution in [0.25, 0.3) is 0 Å². The first kappa shape index (κ1) is 16.5. The number of carbonyl (C=O) groups excluding carboxylic acids is 1. The van der Waals surface area contributed by atoms with Gasteiger partial charge in [0, 0.05) is 20.1 Å². The lowest BCUT2D eigenvalue weighted by molar-refractivity contribution is -0.144. The van der Waals surface area contributed by atoms with Crippen LogP contribution in [0.1, 0.15) is 30.9 Å². The van der Waals surface area contributed by atoms with Gasteiger partial charge in [0.25, 0.3) is 0 Å². The molecule has 1 amide bonds. The fourth-order valence-corrected chi connectivity index (χ4v) is 2.91. The standard InChI is InChI=1S/C17H23NO4/c1-17(9-7-12-5-3-4-6-13(12)11-17)16(21)18-14(15(19)20)8-10-22-2/h3-6,14H,7-11H2,1-2H3,(H,18,21)(H,19,20). The fraction of sp³-hybridized carbons (Fsp3) is 0.529. The fourth-order valence-electron chi connectivity index (χ4n) is 2.91. The normalized spacial score (nSPS) is 21.7. The van der Waals surface area contributed by atoms with Crippen LogP contribution < -0.4 is 5.32 Å². The van der Waals surface area contributed by atoms with Crippen molar-refractivity contribution in [1.29, 1.82) is 0 Å². The van der Waals surface area contributed by atoms with Crippen LogP contribution in [0.3, 0.4) is 0 Å². The van der Waals surface area contributed by atoms with E-state index in [1.807, 2.05) is 25.1 Å². The monoisotopic (exact) mass is 305 g/mol. The third-order valence-corrected chi connectivity index (χ3v) is 4.41. The zero-order chi connectivity index (χ0) is 16.2. The van der Waals surface area contributed by atoms with Crippen molar-refractivity contribution in [2.24, 2.45) is 5.41 Å². The zero-order valence-electron chi connectivity index (χ0n) is 13.1. The molecule has 1 aliphatic rings. The lowest BCUT2D eigenvalue weighted by atomic mass is 9.72. The summed E-state index contributed by atoms with van der Waals surface area (Å²) in [6, 6.07) is 7.21. The minimum Gasteiger partial charge on any atom is -0.480 e. The van der Waals surface area contributed by atoms with Crippen LogP contribution in [0.4, 0.5) is 0 Å². The van der Waals surface area contributed by atoms with Gasteiger partial charge in [-0.25, -0.2) is 4.79 Å². The van der Waals surface area contributed by atoms with Gasteiger partial charge in [-0.05, 0) is 30.4 Å². The maximum atomic E-state index is 12.6. The number of carboxylic acid groups (broad SMARTS) is 1. The topological polar surface area (TPSA) is 75.6 Å². The Bertz CT molecular complexity index is 557. The third kappa shape index (κ3) is 3.65. The number of fused-ring (bicyclic) bond motifs is 1. The van der Waals surface area contributed by atoms with Gasteiger partial charge in [0.1, 0.15) is 6.04 Å². The Labute approximate surface area is 130 Å². The van der Waals surface area contributed by atoms with Gasteiger partial charge < -0.3 is 15.2 Å². The van der Waals surface area contributed by atoms with Crippen molar-refractivity contribution in [3.63, 3.8) is 0 Å². The predicted molar refractivity (Wildman–Crippen MR) is 82.6 cm³/mol. The van der Waals surface area contributed by atoms with Gasteiger partial charge in [-0.2, -0.15) is 0 Å². The predicted octanol–water partition coefficient (Wildman–Crippen LogP) is 1.79. The molecule has 0 saturated carbocycles. The number of aryl methyl sites for hydroxylation is 1. The lowest BCUT2D eigenvalue weighted by Gasteiger charge is -2.34. The quantitative estimate of drug-likeness (QED) is 0.840. The van der Waals surface area contributed by atoms with Crippen LogP contribution in [0.15, 0.2) is 24.3 Å². The maximum absolute atomic E-state index is 12.6. The Morgan fingerprint density at radius 3 is 2.68 bits per heavy atom. The van der Waals surface area contributed by atoms with Crippen LogP contribution in [0, 0.1) is 5.41 Å². The van der Waals surface area contributed by atoms with E-state index in [0.29, 0.717) is 13.0 Å². The molecule has 2 rings (SSSR count). The number of amides is 1. The minimum atomic E-state index is -1.02. The Morgan fingerprint density at radius 1 is 1.36 bits per heavy atom. The summed E-state index contributed by atoms with van der Waals surface area (Å²) in [7, 11) is 1.51. The number of benzene rings is 1. The molecule has 5 nitrogen and oxygen atoms in total. The van der Waals surface area contributed by atoms with E-state index in [1.165, 1.54) is 18.2 Å². The van der Waals surface area contributed by atoms with Gasteiger partial charge in [0.05, 0.1) is 5.41 Å². The van der Waals surface area contributed by atoms with Crippen LogP contribution in [0.5, 0.6) is 0 Å². The first-order chi connectivity index (χ1) is 10.5. The average molecular weight is 305 g/mol. The SMILES string of the molecule is COCCC(NC(=O)C1(C)CCc2ccccc2C1)C(=O)O. The molecule has 2 atom stereocenters. The highest BCUT2D eigenvalue weighted by Crippen LogP contribution is 2.35. The number of hydrogen-bond acceptors (Lipinski definition) is 3. The van der Waals surface area contributed by atoms with E-state index in [4.69, 9.17) is 4.74 Å². The molecule has 1 aromatic carbocycles. The second kappa shape index (κ2) is 6.92. The van der Waals surface area contributed by atoms with Crippen molar-refractivity contribution in [2.75, 3.05) is 13.7 Å². The second-order valence-electron chi connectivity index (χ2n) is 6.15. The number of methoxy groups -OCH3 is 1. The zero-order valence-corrected chi connectivity index (χ0v) is 13.1. The van der Waals surface area contributed by atoms with Gasteiger partial charge in [0.15, 0.2) is 0 Å². The molecule has 1 aliphatic carbocycles. The van der Waals surface area contributed by atoms with Crippen molar-refractivity contribution >= 4 is 11.9 Å². The smallest absolute Gasteiger partial charge is 0.326 e. The Morgan fingerprint density at radius 2 is 2.05 bits per heavy atom. The highest BCUT2D eigenvalue weighted by Gasteiger charge is 2.38. The van der Waals surface area contributed by atoms with E-state index in [1.54, 1.807) is 0 Å². The maximum Gasteiger partial charge on any atom is 0.326 e. The van der Waals surface area contributed by atoms with Gasteiger partial charge >= 0.3 is 5.97 Å². The average Bonchev–Trinajstić information content (AvgIpc) is 2.50. The molecule has 0 fully saturated rings. The van der Waals surface area contributed by atoms with Crippen molar-refractivity contribution in [2.45, 2.75) is 38.6 Å². The molecule has 5 heteroatoms. The van der Waals surface area contributed by atoms with E-state index in [-0.39, 0.29) is 12.3 Å². The Balaban J connectivity index is 2.07. The van der Waals surface area contributed by atoms with Crippen LogP contribution in [-0.2, 0) is 27.2 Å². The van der Waals surface area contributed by atoms with Gasteiger partial charge in [0.2, 0.25) is 5.91 Å². The lowest BCUT2D eigenvalue weighted by Crippen LogP contribution is -2.49. The highest BCUT2D eigenvalue weighted by molar-refractivity contribution is 5.87. The van der Waals surface area contributed by atoms with Gasteiger partial charge in [-0.1, -0.05) is 31.2 Å². The number of aliphatic carboxylic acids is 1. The first-order valence-electron chi connectivity index (χ1n) is 7.56. The number of carbonyl (C=O) groups is 2. The molecule has 0 bridgehead atoms. The summed E-state index contributed by atoms with van der Waals surface area (Å²) in [5.74, 6) is -1.21. The van der Waals surface area contributed by atoms with Crippen molar-refractivity contribution in [1.82, 2.24) is 5.32 Å². The van der Waals surface area contributed by atoms with E-state index in [9.17, 15) is 14.7 Å². The largest absolute Gasteiger partial charge is 0.480 e. The van der Waals surface area contributed by atoms with Crippen molar-refractivity contribution < 1.29 is 19.4 Å². The summed E-state index contributed by atoms with van der Waals surface area (Å²) >= 11 is 0. The Hall–Kier alpha value is -1.88. The third-order valence-electron chi connectivity index (χ3n) is 4.41. The van der Waals surface area contributed by atoms with Gasteiger partial charge in [-0.15, -0.1) is 0 Å². The number of nitrogens with one attached hydrogen (secondary N) is 1. The van der Waals surface area contributed by atoms with Crippen LogP contribution in [-0.4, -0.2) is 36.7 Å². The Kier molecular flexibility index (Phi) is 5.19. The summed E-state index contributed by atoms with van der Waals surface area (Å²) in [6.07, 6.45) is 2.48. The van der Waals surface area contributed by atoms with E-state index >= 15 is 0 Å². The molecule has 0 saturated heterocycles. The molecule has 0 aromatic heterocycles. The number of rotatable bonds is 6. The molecule has 22 heavy (non-hydrogen) atoms. The number of hydrogen-bond donors (Lipinski definition) is 2. The molecule has 2 N–H and O–H groups in total. The van der Waals surface area contributed by atoms with E-state index in [0.717, 1.165) is 12.8 Å². The van der Waals surface area contributed by atoms with Crippen molar-refractivity contribution in [3.8, 4) is 0 Å². The molecule has 0 heterocycles. The van der Waals surface area contributed by atoms with Crippen molar-refractivity contribution in [3.05, 3.63) is 35.4 Å². The molecule has 1 aromatic rings. The van der Waals surface area contributed by atoms with E-state index < -0.39 is 17.4 Å². The van der Waals surface area contributed by atoms with Gasteiger partial charge in [-0.3, -0.25) is 4.79 Å². The first-order valence-corrected chi connectivity index (χ1v) is 7.56. The summed E-state index contributed by atoms with van der Waals surface area (Å²) < 4.78 is 4.91. The summed E-state index contributed by atoms with van der Waals surface area (Å²) in [5.41, 5.74) is 1.90. The molecule has 120 valence electrons. The second-order valence-corrected chi connectivity index (χ2v) is 6.15. The van der Waals surface area contributed by atoms with E-state index in [2.05, 4.69) is 11.4 Å². The molecule has 0 spiro atoms. The summed E-state index contributed by atoms with van der Waals surface area (Å²) in [4.78, 5) is 23.8. The number of carboxylic acids is 1. The molecular formula is C17H23NO4. The summed E-state index contributed by atoms with van der Waals surface area (Å²) in [5, 5.41) is 11.9. The highest BCUT2D eigenvalue weighted by atomic mass is 16.5.